The molecule has 0 radical (unpaired) electrons. The van der Waals surface area contributed by atoms with E-state index in [9.17, 15) is 9.59 Å². The van der Waals surface area contributed by atoms with Crippen molar-refractivity contribution in [3.05, 3.63) is 30.3 Å². The minimum Gasteiger partial charge on any atom is -0.376 e. The van der Waals surface area contributed by atoms with E-state index in [1.165, 1.54) is 0 Å². The Bertz CT molecular complexity index is 426. The fourth-order valence-electron chi connectivity index (χ4n) is 1.58. The van der Waals surface area contributed by atoms with Gasteiger partial charge in [-0.2, -0.15) is 0 Å². The van der Waals surface area contributed by atoms with E-state index in [4.69, 9.17) is 0 Å². The van der Waals surface area contributed by atoms with E-state index >= 15 is 0 Å². The smallest absolute Gasteiger partial charge is 0.244 e. The van der Waals surface area contributed by atoms with E-state index in [1.807, 2.05) is 37.3 Å². The van der Waals surface area contributed by atoms with Crippen LogP contribution in [0.2, 0.25) is 0 Å². The molecule has 0 saturated heterocycles. The number of likely N-dealkylation sites (N-methyl/N-ethyl adjacent to an activating group) is 1. The highest BCUT2D eigenvalue weighted by Crippen LogP contribution is 2.03. The molecule has 1 atom stereocenters. The molecular formula is C14H22ClN3O2. The fourth-order valence-corrected chi connectivity index (χ4v) is 1.58. The molecule has 0 spiro atoms. The van der Waals surface area contributed by atoms with Gasteiger partial charge in [-0.25, -0.2) is 0 Å². The summed E-state index contributed by atoms with van der Waals surface area (Å²) < 4.78 is 0. The van der Waals surface area contributed by atoms with E-state index in [-0.39, 0.29) is 30.8 Å². The quantitative estimate of drug-likeness (QED) is 0.837. The molecule has 1 unspecified atom stereocenters. The van der Waals surface area contributed by atoms with E-state index in [0.29, 0.717) is 6.54 Å². The molecule has 0 aliphatic rings. The molecule has 0 saturated carbocycles. The van der Waals surface area contributed by atoms with Crippen LogP contribution in [0, 0.1) is 0 Å². The zero-order valence-electron chi connectivity index (χ0n) is 12.1. The van der Waals surface area contributed by atoms with Crippen LogP contribution in [0.3, 0.4) is 0 Å². The van der Waals surface area contributed by atoms with Gasteiger partial charge in [0.05, 0.1) is 6.54 Å². The Kier molecular flexibility index (Phi) is 8.40. The zero-order valence-corrected chi connectivity index (χ0v) is 12.9. The molecule has 0 heterocycles. The van der Waals surface area contributed by atoms with Crippen molar-refractivity contribution >= 4 is 29.9 Å². The van der Waals surface area contributed by atoms with Gasteiger partial charge in [-0.3, -0.25) is 9.59 Å². The molecule has 0 aliphatic heterocycles. The highest BCUT2D eigenvalue weighted by Gasteiger charge is 2.17. The first-order valence-corrected chi connectivity index (χ1v) is 6.37. The number of amides is 2. The molecule has 5 nitrogen and oxygen atoms in total. The van der Waals surface area contributed by atoms with Crippen molar-refractivity contribution in [2.24, 2.45) is 0 Å². The molecule has 0 bridgehead atoms. The Morgan fingerprint density at radius 3 is 2.40 bits per heavy atom. The molecule has 0 fully saturated rings. The molecule has 6 heteroatoms. The molecule has 0 aliphatic carbocycles. The van der Waals surface area contributed by atoms with Crippen LogP contribution in [0.5, 0.6) is 0 Å². The maximum absolute atomic E-state index is 11.8. The van der Waals surface area contributed by atoms with Crippen molar-refractivity contribution < 1.29 is 9.59 Å². The number of benzene rings is 1. The van der Waals surface area contributed by atoms with Crippen molar-refractivity contribution in [2.45, 2.75) is 19.9 Å². The normalized spacial score (nSPS) is 10.9. The van der Waals surface area contributed by atoms with Gasteiger partial charge < -0.3 is 15.5 Å². The van der Waals surface area contributed by atoms with Crippen LogP contribution in [0.4, 0.5) is 5.69 Å². The Labute approximate surface area is 126 Å². The zero-order chi connectivity index (χ0) is 14.3. The number of hydrogen-bond acceptors (Lipinski definition) is 3. The van der Waals surface area contributed by atoms with Crippen molar-refractivity contribution in [1.29, 1.82) is 0 Å². The third-order valence-electron chi connectivity index (χ3n) is 2.83. The average molecular weight is 300 g/mol. The number of rotatable bonds is 6. The Morgan fingerprint density at radius 1 is 1.25 bits per heavy atom. The Morgan fingerprint density at radius 2 is 1.85 bits per heavy atom. The standard InChI is InChI=1S/C14H21N3O2.ClH/c1-4-17(3)14(19)11(2)16-13(18)10-15-12-8-6-5-7-9-12;/h5-9,11,15H,4,10H2,1-3H3,(H,16,18);1H. The monoisotopic (exact) mass is 299 g/mol. The topological polar surface area (TPSA) is 61.4 Å². The summed E-state index contributed by atoms with van der Waals surface area (Å²) in [6.45, 7) is 4.36. The number of nitrogens with zero attached hydrogens (tertiary/aromatic N) is 1. The first-order valence-electron chi connectivity index (χ1n) is 6.37. The highest BCUT2D eigenvalue weighted by atomic mass is 35.5. The van der Waals surface area contributed by atoms with Gasteiger partial charge in [0.25, 0.3) is 0 Å². The number of carbonyl (C=O) groups is 2. The van der Waals surface area contributed by atoms with Crippen molar-refractivity contribution in [2.75, 3.05) is 25.5 Å². The third kappa shape index (κ3) is 5.93. The maximum atomic E-state index is 11.8. The van der Waals surface area contributed by atoms with Gasteiger partial charge in [-0.1, -0.05) is 18.2 Å². The fraction of sp³-hybridized carbons (Fsp3) is 0.429. The van der Waals surface area contributed by atoms with Crippen LogP contribution >= 0.6 is 12.4 Å². The van der Waals surface area contributed by atoms with Crippen LogP contribution in [0.25, 0.3) is 0 Å². The molecule has 2 N–H and O–H groups in total. The lowest BCUT2D eigenvalue weighted by molar-refractivity contribution is -0.134. The van der Waals surface area contributed by atoms with Crippen LogP contribution in [-0.2, 0) is 9.59 Å². The number of hydrogen-bond donors (Lipinski definition) is 2. The van der Waals surface area contributed by atoms with Gasteiger partial charge in [0.1, 0.15) is 6.04 Å². The average Bonchev–Trinajstić information content (AvgIpc) is 2.44. The lowest BCUT2D eigenvalue weighted by atomic mass is 10.3. The molecular weight excluding hydrogens is 278 g/mol. The number of nitrogens with one attached hydrogen (secondary N) is 2. The van der Waals surface area contributed by atoms with Gasteiger partial charge in [0.15, 0.2) is 0 Å². The summed E-state index contributed by atoms with van der Waals surface area (Å²) in [7, 11) is 1.72. The summed E-state index contributed by atoms with van der Waals surface area (Å²) in [6, 6.07) is 8.95. The van der Waals surface area contributed by atoms with Crippen molar-refractivity contribution in [3.8, 4) is 0 Å². The summed E-state index contributed by atoms with van der Waals surface area (Å²) in [6.07, 6.45) is 0. The summed E-state index contributed by atoms with van der Waals surface area (Å²) in [5.41, 5.74) is 0.877. The van der Waals surface area contributed by atoms with Gasteiger partial charge in [-0.05, 0) is 26.0 Å². The summed E-state index contributed by atoms with van der Waals surface area (Å²) in [4.78, 5) is 25.1. The second-order valence-electron chi connectivity index (χ2n) is 4.36. The maximum Gasteiger partial charge on any atom is 0.244 e. The van der Waals surface area contributed by atoms with E-state index in [0.717, 1.165) is 5.69 Å². The van der Waals surface area contributed by atoms with Crippen LogP contribution in [0.15, 0.2) is 30.3 Å². The number of carbonyl (C=O) groups excluding carboxylic acids is 2. The SMILES string of the molecule is CCN(C)C(=O)C(C)NC(=O)CNc1ccccc1.Cl. The van der Waals surface area contributed by atoms with Gasteiger partial charge in [0.2, 0.25) is 11.8 Å². The summed E-state index contributed by atoms with van der Waals surface area (Å²) in [5, 5.41) is 5.67. The first-order chi connectivity index (χ1) is 9.04. The minimum absolute atomic E-state index is 0. The molecule has 0 aromatic heterocycles. The lowest BCUT2D eigenvalue weighted by Gasteiger charge is -2.20. The van der Waals surface area contributed by atoms with E-state index < -0.39 is 6.04 Å². The predicted octanol–water partition coefficient (Wildman–Crippen LogP) is 1.50. The van der Waals surface area contributed by atoms with Gasteiger partial charge in [-0.15, -0.1) is 12.4 Å². The molecule has 1 aromatic carbocycles. The van der Waals surface area contributed by atoms with E-state index in [2.05, 4.69) is 10.6 Å². The molecule has 20 heavy (non-hydrogen) atoms. The summed E-state index contributed by atoms with van der Waals surface area (Å²) >= 11 is 0. The number of anilines is 1. The first kappa shape index (κ1) is 18.2. The Hall–Kier alpha value is -1.75. The van der Waals surface area contributed by atoms with Gasteiger partial charge in [0, 0.05) is 19.3 Å². The molecule has 2 amide bonds. The van der Waals surface area contributed by atoms with Crippen LogP contribution in [-0.4, -0.2) is 42.9 Å². The lowest BCUT2D eigenvalue weighted by Crippen LogP contribution is -2.46. The number of halogens is 1. The van der Waals surface area contributed by atoms with Gasteiger partial charge >= 0.3 is 0 Å². The Balaban J connectivity index is 0.00000361. The third-order valence-corrected chi connectivity index (χ3v) is 2.83. The second-order valence-corrected chi connectivity index (χ2v) is 4.36. The predicted molar refractivity (Wildman–Crippen MR) is 83.1 cm³/mol. The minimum atomic E-state index is -0.505. The van der Waals surface area contributed by atoms with Crippen molar-refractivity contribution in [3.63, 3.8) is 0 Å². The molecule has 112 valence electrons. The molecule has 1 rings (SSSR count). The highest BCUT2D eigenvalue weighted by molar-refractivity contribution is 5.88. The van der Waals surface area contributed by atoms with Crippen molar-refractivity contribution in [1.82, 2.24) is 10.2 Å². The van der Waals surface area contributed by atoms with E-state index in [1.54, 1.807) is 18.9 Å². The number of para-hydroxylation sites is 1. The molecule has 1 aromatic rings. The second kappa shape index (κ2) is 9.20. The largest absolute Gasteiger partial charge is 0.376 e. The summed E-state index contributed by atoms with van der Waals surface area (Å²) in [5.74, 6) is -0.287. The van der Waals surface area contributed by atoms with Crippen LogP contribution < -0.4 is 10.6 Å². The van der Waals surface area contributed by atoms with Crippen LogP contribution in [0.1, 0.15) is 13.8 Å².